The number of aromatic nitrogens is 2. The smallest absolute Gasteiger partial charge is 0.260 e. The summed E-state index contributed by atoms with van der Waals surface area (Å²) >= 11 is 2.75. The standard InChI is InChI=1S/C19H21N3O2S2/c1-5-13-8-6-7-10(2)16(13)20-14(23)9-25-19-21-17(24)15-11(3)12(4)26-18(15)22-19/h6-8H,5,9H2,1-4H3,(H,20,23)(H,21,22,24). The van der Waals surface area contributed by atoms with Gasteiger partial charge in [0.05, 0.1) is 11.1 Å². The van der Waals surface area contributed by atoms with Gasteiger partial charge in [0.15, 0.2) is 5.16 Å². The number of thiophene rings is 1. The third-order valence-corrected chi connectivity index (χ3v) is 6.34. The van der Waals surface area contributed by atoms with Crippen molar-refractivity contribution in [2.45, 2.75) is 39.3 Å². The molecule has 5 nitrogen and oxygen atoms in total. The second-order valence-corrected chi connectivity index (χ2v) is 8.30. The molecule has 1 aromatic carbocycles. The summed E-state index contributed by atoms with van der Waals surface area (Å²) in [4.78, 5) is 33.7. The van der Waals surface area contributed by atoms with Crippen LogP contribution in [0.5, 0.6) is 0 Å². The second kappa shape index (κ2) is 7.63. The molecule has 3 rings (SSSR count). The van der Waals surface area contributed by atoms with E-state index < -0.39 is 0 Å². The van der Waals surface area contributed by atoms with Gasteiger partial charge in [0.25, 0.3) is 5.56 Å². The van der Waals surface area contributed by atoms with Crippen molar-refractivity contribution in [1.29, 1.82) is 0 Å². The monoisotopic (exact) mass is 387 g/mol. The fourth-order valence-corrected chi connectivity index (χ4v) is 4.56. The maximum absolute atomic E-state index is 12.4. The van der Waals surface area contributed by atoms with Crippen LogP contribution in [0, 0.1) is 20.8 Å². The highest BCUT2D eigenvalue weighted by Gasteiger charge is 2.14. The van der Waals surface area contributed by atoms with Gasteiger partial charge in [-0.25, -0.2) is 4.98 Å². The van der Waals surface area contributed by atoms with E-state index >= 15 is 0 Å². The number of nitrogens with zero attached hydrogens (tertiary/aromatic N) is 1. The molecule has 2 aromatic heterocycles. The summed E-state index contributed by atoms with van der Waals surface area (Å²) in [5.74, 6) is 0.0789. The first-order valence-electron chi connectivity index (χ1n) is 8.41. The van der Waals surface area contributed by atoms with Gasteiger partial charge >= 0.3 is 0 Å². The Bertz CT molecular complexity index is 1040. The number of H-pyrrole nitrogens is 1. The van der Waals surface area contributed by atoms with Crippen LogP contribution in [0.2, 0.25) is 0 Å². The maximum atomic E-state index is 12.4. The van der Waals surface area contributed by atoms with E-state index in [9.17, 15) is 9.59 Å². The topological polar surface area (TPSA) is 74.8 Å². The quantitative estimate of drug-likeness (QED) is 0.508. The first kappa shape index (κ1) is 18.7. The molecule has 136 valence electrons. The van der Waals surface area contributed by atoms with Crippen LogP contribution in [-0.4, -0.2) is 21.6 Å². The van der Waals surface area contributed by atoms with Gasteiger partial charge in [0.1, 0.15) is 4.83 Å². The van der Waals surface area contributed by atoms with Crippen LogP contribution >= 0.6 is 23.1 Å². The molecule has 0 atom stereocenters. The Morgan fingerprint density at radius 3 is 2.81 bits per heavy atom. The number of fused-ring (bicyclic) bond motifs is 1. The Balaban J connectivity index is 1.74. The van der Waals surface area contributed by atoms with Gasteiger partial charge in [-0.2, -0.15) is 0 Å². The molecule has 0 spiro atoms. The fourth-order valence-electron chi connectivity index (χ4n) is 2.81. The van der Waals surface area contributed by atoms with E-state index in [0.29, 0.717) is 10.5 Å². The predicted molar refractivity (Wildman–Crippen MR) is 110 cm³/mol. The van der Waals surface area contributed by atoms with Crippen LogP contribution in [0.4, 0.5) is 5.69 Å². The zero-order chi connectivity index (χ0) is 18.8. The van der Waals surface area contributed by atoms with Crippen LogP contribution in [0.3, 0.4) is 0 Å². The number of anilines is 1. The van der Waals surface area contributed by atoms with E-state index in [4.69, 9.17) is 0 Å². The molecule has 1 amide bonds. The Morgan fingerprint density at radius 2 is 2.08 bits per heavy atom. The molecule has 0 aliphatic carbocycles. The number of rotatable bonds is 5. The highest BCUT2D eigenvalue weighted by atomic mass is 32.2. The zero-order valence-corrected chi connectivity index (χ0v) is 16.9. The number of hydrogen-bond acceptors (Lipinski definition) is 5. The summed E-state index contributed by atoms with van der Waals surface area (Å²) in [6.07, 6.45) is 0.854. The largest absolute Gasteiger partial charge is 0.325 e. The van der Waals surface area contributed by atoms with Crippen molar-refractivity contribution in [2.75, 3.05) is 11.1 Å². The van der Waals surface area contributed by atoms with E-state index in [1.165, 1.54) is 23.1 Å². The van der Waals surface area contributed by atoms with Crippen LogP contribution in [0.25, 0.3) is 10.2 Å². The summed E-state index contributed by atoms with van der Waals surface area (Å²) in [6, 6.07) is 5.99. The summed E-state index contributed by atoms with van der Waals surface area (Å²) in [5.41, 5.74) is 3.86. The molecule has 0 aliphatic heterocycles. The summed E-state index contributed by atoms with van der Waals surface area (Å²) in [6.45, 7) is 7.96. The minimum Gasteiger partial charge on any atom is -0.325 e. The van der Waals surface area contributed by atoms with Gasteiger partial charge in [-0.3, -0.25) is 9.59 Å². The normalized spacial score (nSPS) is 11.1. The minimum absolute atomic E-state index is 0.111. The highest BCUT2D eigenvalue weighted by Crippen LogP contribution is 2.27. The number of amides is 1. The van der Waals surface area contributed by atoms with E-state index in [1.807, 2.05) is 39.0 Å². The second-order valence-electron chi connectivity index (χ2n) is 6.13. The SMILES string of the molecule is CCc1cccc(C)c1NC(=O)CSc1nc2sc(C)c(C)c2c(=O)[nH]1. The van der Waals surface area contributed by atoms with Crippen molar-refractivity contribution in [3.8, 4) is 0 Å². The summed E-state index contributed by atoms with van der Waals surface area (Å²) in [7, 11) is 0. The average Bonchev–Trinajstić information content (AvgIpc) is 2.89. The van der Waals surface area contributed by atoms with E-state index in [2.05, 4.69) is 22.2 Å². The minimum atomic E-state index is -0.146. The van der Waals surface area contributed by atoms with Crippen LogP contribution < -0.4 is 10.9 Å². The number of benzene rings is 1. The Hall–Kier alpha value is -2.12. The van der Waals surface area contributed by atoms with Gasteiger partial charge in [-0.15, -0.1) is 11.3 Å². The predicted octanol–water partition coefficient (Wildman–Crippen LogP) is 4.20. The van der Waals surface area contributed by atoms with Crippen molar-refractivity contribution in [3.63, 3.8) is 0 Å². The molecule has 3 aromatic rings. The molecule has 0 radical (unpaired) electrons. The van der Waals surface area contributed by atoms with Gasteiger partial charge in [0.2, 0.25) is 5.91 Å². The third-order valence-electron chi connectivity index (χ3n) is 4.36. The van der Waals surface area contributed by atoms with E-state index in [1.54, 1.807) is 0 Å². The first-order valence-corrected chi connectivity index (χ1v) is 10.2. The molecule has 2 N–H and O–H groups in total. The fraction of sp³-hybridized carbons (Fsp3) is 0.316. The molecular weight excluding hydrogens is 366 g/mol. The molecule has 0 aliphatic rings. The molecule has 0 bridgehead atoms. The van der Waals surface area contributed by atoms with Crippen LogP contribution in [0.1, 0.15) is 28.5 Å². The number of para-hydroxylation sites is 1. The number of carbonyl (C=O) groups excluding carboxylic acids is 1. The van der Waals surface area contributed by atoms with Crippen molar-refractivity contribution >= 4 is 44.9 Å². The Morgan fingerprint density at radius 1 is 1.31 bits per heavy atom. The zero-order valence-electron chi connectivity index (χ0n) is 15.2. The number of thioether (sulfide) groups is 1. The molecule has 0 fully saturated rings. The van der Waals surface area contributed by atoms with Crippen molar-refractivity contribution in [3.05, 3.63) is 50.1 Å². The van der Waals surface area contributed by atoms with Crippen molar-refractivity contribution in [1.82, 2.24) is 9.97 Å². The number of nitrogens with one attached hydrogen (secondary N) is 2. The van der Waals surface area contributed by atoms with E-state index in [-0.39, 0.29) is 17.2 Å². The van der Waals surface area contributed by atoms with Crippen LogP contribution in [0.15, 0.2) is 28.2 Å². The molecule has 0 saturated heterocycles. The van der Waals surface area contributed by atoms with Crippen molar-refractivity contribution < 1.29 is 4.79 Å². The molecule has 7 heteroatoms. The van der Waals surface area contributed by atoms with Gasteiger partial charge in [-0.1, -0.05) is 36.9 Å². The number of carbonyl (C=O) groups is 1. The lowest BCUT2D eigenvalue weighted by molar-refractivity contribution is -0.113. The molecule has 26 heavy (non-hydrogen) atoms. The lowest BCUT2D eigenvalue weighted by atomic mass is 10.1. The summed E-state index contributed by atoms with van der Waals surface area (Å²) in [5, 5.41) is 4.11. The number of aryl methyl sites for hydroxylation is 4. The van der Waals surface area contributed by atoms with Gasteiger partial charge in [-0.05, 0) is 43.9 Å². The van der Waals surface area contributed by atoms with E-state index in [0.717, 1.165) is 38.5 Å². The van der Waals surface area contributed by atoms with Crippen LogP contribution in [-0.2, 0) is 11.2 Å². The third kappa shape index (κ3) is 3.68. The molecular formula is C19H21N3O2S2. The van der Waals surface area contributed by atoms with Gasteiger partial charge < -0.3 is 10.3 Å². The first-order chi connectivity index (χ1) is 12.4. The average molecular weight is 388 g/mol. The van der Waals surface area contributed by atoms with Gasteiger partial charge in [0, 0.05) is 10.6 Å². The molecule has 0 saturated carbocycles. The Labute approximate surface area is 160 Å². The van der Waals surface area contributed by atoms with Crippen molar-refractivity contribution in [2.24, 2.45) is 0 Å². The maximum Gasteiger partial charge on any atom is 0.260 e. The lowest BCUT2D eigenvalue weighted by Crippen LogP contribution is -2.17. The summed E-state index contributed by atoms with van der Waals surface area (Å²) < 4.78 is 0. The number of aromatic amines is 1. The lowest BCUT2D eigenvalue weighted by Gasteiger charge is -2.12. The Kier molecular flexibility index (Phi) is 5.48. The number of hydrogen-bond donors (Lipinski definition) is 2. The molecule has 0 unspecified atom stereocenters. The highest BCUT2D eigenvalue weighted by molar-refractivity contribution is 7.99. The molecule has 2 heterocycles.